The second kappa shape index (κ2) is 6.31. The van der Waals surface area contributed by atoms with E-state index < -0.39 is 0 Å². The van der Waals surface area contributed by atoms with Crippen molar-refractivity contribution in [2.75, 3.05) is 0 Å². The Morgan fingerprint density at radius 2 is 1.67 bits per heavy atom. The maximum atomic E-state index is 4.43. The minimum Gasteiger partial charge on any atom is -0.257 e. The van der Waals surface area contributed by atoms with Gasteiger partial charge in [0.1, 0.15) is 0 Å². The molecule has 90 valence electrons. The molecule has 0 heterocycles. The molecule has 0 aromatic heterocycles. The second-order valence-corrected chi connectivity index (χ2v) is 4.95. The highest BCUT2D eigenvalue weighted by Gasteiger charge is 1.90. The average molecular weight is 300 g/mol. The maximum absolute atomic E-state index is 4.43. The Hall–Kier alpha value is -1.67. The number of nitrogens with zero attached hydrogens (tertiary/aromatic N) is 1. The standard InChI is InChI=1S/C16H14BrN/c1-13(11-14-5-3-2-4-6-14)12-18-16-9-7-15(17)8-10-16/h2-12H,1H3/b13-11+,18-12?. The fourth-order valence-electron chi connectivity index (χ4n) is 1.55. The number of hydrogen-bond donors (Lipinski definition) is 0. The summed E-state index contributed by atoms with van der Waals surface area (Å²) in [5.41, 5.74) is 3.28. The number of benzene rings is 2. The fourth-order valence-corrected chi connectivity index (χ4v) is 1.82. The first-order valence-corrected chi connectivity index (χ1v) is 6.56. The Kier molecular flexibility index (Phi) is 4.48. The molecular weight excluding hydrogens is 286 g/mol. The SMILES string of the molecule is C/C(C=Nc1ccc(Br)cc1)=C\c1ccccc1. The van der Waals surface area contributed by atoms with E-state index >= 15 is 0 Å². The summed E-state index contributed by atoms with van der Waals surface area (Å²) in [6.45, 7) is 2.05. The summed E-state index contributed by atoms with van der Waals surface area (Å²) in [5, 5.41) is 0. The van der Waals surface area contributed by atoms with Gasteiger partial charge in [-0.3, -0.25) is 4.99 Å². The van der Waals surface area contributed by atoms with Crippen molar-refractivity contribution in [1.82, 2.24) is 0 Å². The molecule has 0 bridgehead atoms. The molecule has 0 saturated heterocycles. The van der Waals surface area contributed by atoms with Gasteiger partial charge in [0.15, 0.2) is 0 Å². The van der Waals surface area contributed by atoms with Gasteiger partial charge in [0.05, 0.1) is 5.69 Å². The molecule has 1 nitrogen and oxygen atoms in total. The topological polar surface area (TPSA) is 12.4 Å². The van der Waals surface area contributed by atoms with E-state index in [1.54, 1.807) is 0 Å². The lowest BCUT2D eigenvalue weighted by molar-refractivity contribution is 1.50. The van der Waals surface area contributed by atoms with Gasteiger partial charge < -0.3 is 0 Å². The Bertz CT molecular complexity index is 553. The quantitative estimate of drug-likeness (QED) is 0.686. The Balaban J connectivity index is 2.09. The van der Waals surface area contributed by atoms with E-state index in [4.69, 9.17) is 0 Å². The van der Waals surface area contributed by atoms with Crippen LogP contribution >= 0.6 is 15.9 Å². The zero-order chi connectivity index (χ0) is 12.8. The van der Waals surface area contributed by atoms with Crippen LogP contribution in [0.2, 0.25) is 0 Å². The third-order valence-corrected chi connectivity index (χ3v) is 2.97. The van der Waals surface area contributed by atoms with Gasteiger partial charge in [-0.25, -0.2) is 0 Å². The molecule has 0 aliphatic carbocycles. The molecule has 2 heteroatoms. The molecule has 0 N–H and O–H groups in total. The van der Waals surface area contributed by atoms with Crippen molar-refractivity contribution in [3.8, 4) is 0 Å². The third kappa shape index (κ3) is 3.97. The molecule has 0 unspecified atom stereocenters. The summed E-state index contributed by atoms with van der Waals surface area (Å²) in [7, 11) is 0. The highest BCUT2D eigenvalue weighted by atomic mass is 79.9. The second-order valence-electron chi connectivity index (χ2n) is 4.03. The van der Waals surface area contributed by atoms with Gasteiger partial charge in [0.2, 0.25) is 0 Å². The number of halogens is 1. The van der Waals surface area contributed by atoms with Crippen molar-refractivity contribution >= 4 is 33.9 Å². The van der Waals surface area contributed by atoms with Gasteiger partial charge in [0, 0.05) is 10.7 Å². The van der Waals surface area contributed by atoms with E-state index in [0.717, 1.165) is 15.7 Å². The lowest BCUT2D eigenvalue weighted by Crippen LogP contribution is -1.78. The summed E-state index contributed by atoms with van der Waals surface area (Å²) in [6.07, 6.45) is 4.00. The summed E-state index contributed by atoms with van der Waals surface area (Å²) >= 11 is 3.41. The largest absolute Gasteiger partial charge is 0.257 e. The predicted molar refractivity (Wildman–Crippen MR) is 82.4 cm³/mol. The predicted octanol–water partition coefficient (Wildman–Crippen LogP) is 5.25. The van der Waals surface area contributed by atoms with Crippen LogP contribution in [0.1, 0.15) is 12.5 Å². The first-order chi connectivity index (χ1) is 8.74. The van der Waals surface area contributed by atoms with Crippen LogP contribution in [0.5, 0.6) is 0 Å². The zero-order valence-electron chi connectivity index (χ0n) is 10.2. The van der Waals surface area contributed by atoms with Gasteiger partial charge in [-0.05, 0) is 42.3 Å². The zero-order valence-corrected chi connectivity index (χ0v) is 11.8. The summed E-state index contributed by atoms with van der Waals surface area (Å²) < 4.78 is 1.07. The lowest BCUT2D eigenvalue weighted by atomic mass is 10.1. The van der Waals surface area contributed by atoms with Gasteiger partial charge in [-0.15, -0.1) is 0 Å². The average Bonchev–Trinajstić information content (AvgIpc) is 2.39. The van der Waals surface area contributed by atoms with E-state index in [1.165, 1.54) is 5.56 Å². The molecule has 2 aromatic carbocycles. The van der Waals surface area contributed by atoms with Crippen molar-refractivity contribution in [2.45, 2.75) is 6.92 Å². The van der Waals surface area contributed by atoms with Gasteiger partial charge in [0.25, 0.3) is 0 Å². The molecule has 2 aromatic rings. The van der Waals surface area contributed by atoms with E-state index in [0.29, 0.717) is 0 Å². The molecule has 0 aliphatic heterocycles. The number of allylic oxidation sites excluding steroid dienone is 1. The Morgan fingerprint density at radius 3 is 2.33 bits per heavy atom. The van der Waals surface area contributed by atoms with Gasteiger partial charge in [-0.2, -0.15) is 0 Å². The first-order valence-electron chi connectivity index (χ1n) is 5.77. The van der Waals surface area contributed by atoms with Crippen molar-refractivity contribution in [3.05, 3.63) is 70.2 Å². The smallest absolute Gasteiger partial charge is 0.0630 e. The van der Waals surface area contributed by atoms with E-state index in [-0.39, 0.29) is 0 Å². The van der Waals surface area contributed by atoms with Gasteiger partial charge in [-0.1, -0.05) is 52.3 Å². The molecule has 0 amide bonds. The Labute approximate surface area is 116 Å². The van der Waals surface area contributed by atoms with Crippen LogP contribution in [0.25, 0.3) is 6.08 Å². The molecule has 0 spiro atoms. The van der Waals surface area contributed by atoms with Crippen LogP contribution in [-0.2, 0) is 0 Å². The maximum Gasteiger partial charge on any atom is 0.0630 e. The summed E-state index contributed by atoms with van der Waals surface area (Å²) in [6, 6.07) is 18.2. The fraction of sp³-hybridized carbons (Fsp3) is 0.0625. The normalized spacial score (nSPS) is 12.0. The van der Waals surface area contributed by atoms with Crippen LogP contribution in [0, 0.1) is 0 Å². The molecule has 0 saturated carbocycles. The molecule has 18 heavy (non-hydrogen) atoms. The minimum absolute atomic E-state index is 0.957. The van der Waals surface area contributed by atoms with Crippen molar-refractivity contribution in [2.24, 2.45) is 4.99 Å². The molecular formula is C16H14BrN. The first kappa shape index (κ1) is 12.8. The van der Waals surface area contributed by atoms with Crippen molar-refractivity contribution < 1.29 is 0 Å². The van der Waals surface area contributed by atoms with Crippen LogP contribution in [0.15, 0.2) is 69.6 Å². The Morgan fingerprint density at radius 1 is 1.00 bits per heavy atom. The molecule has 0 atom stereocenters. The summed E-state index contributed by atoms with van der Waals surface area (Å²) in [4.78, 5) is 4.43. The van der Waals surface area contributed by atoms with Crippen LogP contribution in [-0.4, -0.2) is 6.21 Å². The minimum atomic E-state index is 0.957. The molecule has 0 aliphatic rings. The van der Waals surface area contributed by atoms with E-state index in [9.17, 15) is 0 Å². The van der Waals surface area contributed by atoms with E-state index in [2.05, 4.69) is 46.1 Å². The molecule has 0 radical (unpaired) electrons. The van der Waals surface area contributed by atoms with Crippen LogP contribution in [0.4, 0.5) is 5.69 Å². The number of rotatable bonds is 3. The van der Waals surface area contributed by atoms with Crippen molar-refractivity contribution in [1.29, 1.82) is 0 Å². The van der Waals surface area contributed by atoms with Crippen LogP contribution < -0.4 is 0 Å². The molecule has 0 fully saturated rings. The van der Waals surface area contributed by atoms with E-state index in [1.807, 2.05) is 48.7 Å². The summed E-state index contributed by atoms with van der Waals surface area (Å²) in [5.74, 6) is 0. The van der Waals surface area contributed by atoms with Crippen LogP contribution in [0.3, 0.4) is 0 Å². The number of aliphatic imine (C=N–C) groups is 1. The highest BCUT2D eigenvalue weighted by molar-refractivity contribution is 9.10. The monoisotopic (exact) mass is 299 g/mol. The number of hydrogen-bond acceptors (Lipinski definition) is 1. The highest BCUT2D eigenvalue weighted by Crippen LogP contribution is 2.16. The molecule has 2 rings (SSSR count). The third-order valence-electron chi connectivity index (χ3n) is 2.44. The lowest BCUT2D eigenvalue weighted by Gasteiger charge is -1.96. The van der Waals surface area contributed by atoms with Gasteiger partial charge >= 0.3 is 0 Å². The van der Waals surface area contributed by atoms with Crippen molar-refractivity contribution in [3.63, 3.8) is 0 Å².